The van der Waals surface area contributed by atoms with Crippen LogP contribution in [0.3, 0.4) is 0 Å². The van der Waals surface area contributed by atoms with Crippen molar-refractivity contribution < 1.29 is 14.3 Å². The number of nitrogens with zero attached hydrogens (tertiary/aromatic N) is 7. The summed E-state index contributed by atoms with van der Waals surface area (Å²) in [6.07, 6.45) is 2.11. The molecule has 1 aliphatic heterocycles. The third-order valence-electron chi connectivity index (χ3n) is 7.14. The van der Waals surface area contributed by atoms with Gasteiger partial charge in [-0.05, 0) is 59.2 Å². The van der Waals surface area contributed by atoms with E-state index in [2.05, 4.69) is 41.8 Å². The minimum absolute atomic E-state index is 0.00403. The zero-order chi connectivity index (χ0) is 30.1. The molecule has 1 amide bonds. The summed E-state index contributed by atoms with van der Waals surface area (Å²) in [7, 11) is 0.583. The molecule has 0 radical (unpaired) electrons. The average Bonchev–Trinajstić information content (AvgIpc) is 3.58. The molecule has 4 heterocycles. The summed E-state index contributed by atoms with van der Waals surface area (Å²) in [4.78, 5) is 26.6. The summed E-state index contributed by atoms with van der Waals surface area (Å²) in [5.74, 6) is 1.32. The predicted octanol–water partition coefficient (Wildman–Crippen LogP) is 6.16. The van der Waals surface area contributed by atoms with Crippen molar-refractivity contribution in [1.82, 2.24) is 29.2 Å². The van der Waals surface area contributed by atoms with E-state index in [1.54, 1.807) is 22.8 Å². The van der Waals surface area contributed by atoms with E-state index < -0.39 is 13.7 Å². The number of ether oxygens (including phenoxy) is 2. The van der Waals surface area contributed by atoms with Gasteiger partial charge in [-0.1, -0.05) is 31.2 Å². The molecule has 12 heteroatoms. The number of anilines is 1. The Morgan fingerprint density at radius 1 is 1.17 bits per heavy atom. The summed E-state index contributed by atoms with van der Waals surface area (Å²) in [5.41, 5.74) is 2.87. The molecule has 0 unspecified atom stereocenters. The van der Waals surface area contributed by atoms with E-state index in [-0.39, 0.29) is 18.9 Å². The van der Waals surface area contributed by atoms with Crippen molar-refractivity contribution in [2.24, 2.45) is 0 Å². The van der Waals surface area contributed by atoms with E-state index in [1.807, 2.05) is 45.3 Å². The molecule has 1 atom stereocenters. The van der Waals surface area contributed by atoms with Crippen LogP contribution in [-0.4, -0.2) is 81.8 Å². The number of aryl methyl sites for hydroxylation is 2. The summed E-state index contributed by atoms with van der Waals surface area (Å²) in [5, 5.41) is 5.00. The van der Waals surface area contributed by atoms with Crippen molar-refractivity contribution in [3.05, 3.63) is 40.8 Å². The van der Waals surface area contributed by atoms with Crippen LogP contribution in [0, 0.1) is 13.8 Å². The van der Waals surface area contributed by atoms with Gasteiger partial charge in [0.25, 0.3) is 0 Å². The lowest BCUT2D eigenvalue weighted by atomic mass is 10.2. The maximum atomic E-state index is 12.7. The molecule has 0 aliphatic carbocycles. The van der Waals surface area contributed by atoms with E-state index in [0.29, 0.717) is 35.5 Å². The molecule has 0 N–H and O–H groups in total. The zero-order valence-electron chi connectivity index (χ0n) is 25.9. The third-order valence-corrected chi connectivity index (χ3v) is 9.12. The zero-order valence-corrected chi connectivity index (χ0v) is 27.6. The molecule has 224 valence electrons. The normalized spacial score (nSPS) is 16.0. The SMILES string of the molecule is Cc1ccc(C)n1-c1nc(-c2c(Cl)cnn2COCC[Si](C)(C)C)cc(N2CC[C@@H](N(C)C(=O)OC(C)(C)C)C2)n1. The highest BCUT2D eigenvalue weighted by atomic mass is 35.5. The molecule has 10 nitrogen and oxygen atoms in total. The van der Waals surface area contributed by atoms with Gasteiger partial charge in [0.15, 0.2) is 0 Å². The quantitative estimate of drug-likeness (QED) is 0.214. The van der Waals surface area contributed by atoms with Gasteiger partial charge in [0.05, 0.1) is 23.0 Å². The monoisotopic (exact) mass is 601 g/mol. The molecule has 0 aromatic carbocycles. The number of amides is 1. The Balaban J connectivity index is 1.66. The van der Waals surface area contributed by atoms with Gasteiger partial charge in [-0.25, -0.2) is 14.5 Å². The molecular formula is C29H44ClN7O3Si. The number of likely N-dealkylation sites (N-methyl/N-ethyl adjacent to an activating group) is 1. The first-order chi connectivity index (χ1) is 19.1. The second-order valence-electron chi connectivity index (χ2n) is 13.0. The third kappa shape index (κ3) is 7.69. The first-order valence-electron chi connectivity index (χ1n) is 14.2. The van der Waals surface area contributed by atoms with Gasteiger partial charge in [0.2, 0.25) is 5.95 Å². The molecule has 0 saturated carbocycles. The number of carbonyl (C=O) groups is 1. The summed E-state index contributed by atoms with van der Waals surface area (Å²) >= 11 is 6.70. The van der Waals surface area contributed by atoms with Gasteiger partial charge >= 0.3 is 6.09 Å². The van der Waals surface area contributed by atoms with Gasteiger partial charge in [-0.2, -0.15) is 10.1 Å². The number of hydrogen-bond acceptors (Lipinski definition) is 7. The Labute approximate surface area is 249 Å². The molecule has 0 spiro atoms. The number of hydrogen-bond donors (Lipinski definition) is 0. The van der Waals surface area contributed by atoms with Crippen LogP contribution in [0.1, 0.15) is 38.6 Å². The van der Waals surface area contributed by atoms with E-state index in [9.17, 15) is 4.79 Å². The van der Waals surface area contributed by atoms with Crippen molar-refractivity contribution in [1.29, 1.82) is 0 Å². The fourth-order valence-electron chi connectivity index (χ4n) is 4.78. The lowest BCUT2D eigenvalue weighted by Gasteiger charge is -2.28. The van der Waals surface area contributed by atoms with E-state index in [0.717, 1.165) is 36.2 Å². The lowest BCUT2D eigenvalue weighted by Crippen LogP contribution is -2.42. The topological polar surface area (TPSA) is 90.5 Å². The van der Waals surface area contributed by atoms with Crippen LogP contribution < -0.4 is 4.90 Å². The maximum Gasteiger partial charge on any atom is 0.410 e. The fourth-order valence-corrected chi connectivity index (χ4v) is 5.78. The van der Waals surface area contributed by atoms with Crippen molar-refractivity contribution in [2.75, 3.05) is 31.6 Å². The summed E-state index contributed by atoms with van der Waals surface area (Å²) < 4.78 is 15.4. The van der Waals surface area contributed by atoms with Crippen LogP contribution >= 0.6 is 11.6 Å². The second kappa shape index (κ2) is 12.1. The number of rotatable bonds is 9. The van der Waals surface area contributed by atoms with Gasteiger partial charge in [0.1, 0.15) is 23.8 Å². The van der Waals surface area contributed by atoms with Crippen LogP contribution in [0.25, 0.3) is 17.3 Å². The first-order valence-corrected chi connectivity index (χ1v) is 18.3. The van der Waals surface area contributed by atoms with Crippen molar-refractivity contribution in [3.63, 3.8) is 0 Å². The van der Waals surface area contributed by atoms with Gasteiger partial charge < -0.3 is 19.3 Å². The van der Waals surface area contributed by atoms with Crippen LogP contribution in [0.15, 0.2) is 24.4 Å². The molecule has 3 aromatic rings. The Morgan fingerprint density at radius 2 is 1.85 bits per heavy atom. The molecule has 3 aromatic heterocycles. The van der Waals surface area contributed by atoms with E-state index in [4.69, 9.17) is 31.0 Å². The molecule has 1 fully saturated rings. The minimum atomic E-state index is -1.21. The largest absolute Gasteiger partial charge is 0.444 e. The van der Waals surface area contributed by atoms with Crippen molar-refractivity contribution >= 4 is 31.6 Å². The highest BCUT2D eigenvalue weighted by molar-refractivity contribution is 6.76. The number of aromatic nitrogens is 5. The second-order valence-corrected chi connectivity index (χ2v) is 19.1. The van der Waals surface area contributed by atoms with Gasteiger partial charge in [-0.3, -0.25) is 4.57 Å². The van der Waals surface area contributed by atoms with Crippen molar-refractivity contribution in [2.45, 2.75) is 85.1 Å². The highest BCUT2D eigenvalue weighted by Crippen LogP contribution is 2.32. The molecular weight excluding hydrogens is 558 g/mol. The number of carbonyl (C=O) groups excluding carboxylic acids is 1. The summed E-state index contributed by atoms with van der Waals surface area (Å²) in [6.45, 7) is 19.0. The van der Waals surface area contributed by atoms with Crippen LogP contribution in [0.4, 0.5) is 10.6 Å². The van der Waals surface area contributed by atoms with Crippen LogP contribution in [0.5, 0.6) is 0 Å². The van der Waals surface area contributed by atoms with Crippen LogP contribution in [-0.2, 0) is 16.2 Å². The lowest BCUT2D eigenvalue weighted by molar-refractivity contribution is 0.0238. The Hall–Kier alpha value is -2.89. The van der Waals surface area contributed by atoms with E-state index in [1.165, 1.54) is 0 Å². The molecule has 4 rings (SSSR count). The molecule has 0 bridgehead atoms. The summed E-state index contributed by atoms with van der Waals surface area (Å²) in [6, 6.07) is 7.12. The average molecular weight is 602 g/mol. The number of halogens is 1. The standard InChI is InChI=1S/C29H44ClN7O3Si/c1-20-10-11-21(2)37(20)27-32-24(26-23(30)17-31-36(26)19-39-14-15-41(7,8)9)16-25(33-27)35-13-12-22(18-35)34(6)28(38)40-29(3,4)5/h10-11,16-17,22H,12-15,18-19H2,1-9H3/t22-/m1/s1. The Morgan fingerprint density at radius 3 is 2.49 bits per heavy atom. The minimum Gasteiger partial charge on any atom is -0.444 e. The molecule has 41 heavy (non-hydrogen) atoms. The fraction of sp³-hybridized carbons (Fsp3) is 0.586. The smallest absolute Gasteiger partial charge is 0.410 e. The molecule has 1 saturated heterocycles. The Kier molecular flexibility index (Phi) is 9.20. The predicted molar refractivity (Wildman–Crippen MR) is 166 cm³/mol. The molecule has 1 aliphatic rings. The highest BCUT2D eigenvalue weighted by Gasteiger charge is 2.32. The first kappa shape index (κ1) is 31.1. The maximum absolute atomic E-state index is 12.7. The van der Waals surface area contributed by atoms with Crippen molar-refractivity contribution in [3.8, 4) is 17.3 Å². The van der Waals surface area contributed by atoms with Gasteiger partial charge in [-0.15, -0.1) is 0 Å². The van der Waals surface area contributed by atoms with E-state index >= 15 is 0 Å². The van der Waals surface area contributed by atoms with Gasteiger partial charge in [0, 0.05) is 52.3 Å². The van der Waals surface area contributed by atoms with Crippen LogP contribution in [0.2, 0.25) is 30.7 Å². The Bertz CT molecular complexity index is 1360.